The van der Waals surface area contributed by atoms with E-state index in [4.69, 9.17) is 4.98 Å². The Bertz CT molecular complexity index is 1120. The van der Waals surface area contributed by atoms with Gasteiger partial charge in [-0.15, -0.1) is 0 Å². The quantitative estimate of drug-likeness (QED) is 0.735. The second-order valence-corrected chi connectivity index (χ2v) is 9.49. The van der Waals surface area contributed by atoms with E-state index in [2.05, 4.69) is 4.98 Å². The fourth-order valence-electron chi connectivity index (χ4n) is 3.78. The summed E-state index contributed by atoms with van der Waals surface area (Å²) in [4.78, 5) is 23.2. The van der Waals surface area contributed by atoms with E-state index in [-0.39, 0.29) is 16.7 Å². The molecule has 4 rings (SSSR count). The Morgan fingerprint density at radius 2 is 2.00 bits per heavy atom. The minimum atomic E-state index is -3.36. The Labute approximate surface area is 164 Å². The Kier molecular flexibility index (Phi) is 4.71. The number of nitrogens with zero attached hydrogens (tertiary/aromatic N) is 2. The van der Waals surface area contributed by atoms with Crippen LogP contribution >= 0.6 is 0 Å². The molecule has 1 fully saturated rings. The monoisotopic (exact) mass is 397 g/mol. The highest BCUT2D eigenvalue weighted by Gasteiger charge is 2.28. The normalized spacial score (nSPS) is 17.8. The van der Waals surface area contributed by atoms with Crippen LogP contribution in [0.2, 0.25) is 0 Å². The zero-order valence-corrected chi connectivity index (χ0v) is 16.8. The highest BCUT2D eigenvalue weighted by molar-refractivity contribution is 7.90. The van der Waals surface area contributed by atoms with Gasteiger partial charge in [0.1, 0.15) is 5.82 Å². The van der Waals surface area contributed by atoms with E-state index < -0.39 is 9.84 Å². The minimum absolute atomic E-state index is 0.121. The molecule has 1 aromatic heterocycles. The number of rotatable bonds is 3. The molecule has 0 spiro atoms. The van der Waals surface area contributed by atoms with Crippen molar-refractivity contribution < 1.29 is 13.2 Å². The Morgan fingerprint density at radius 3 is 2.75 bits per heavy atom. The van der Waals surface area contributed by atoms with Crippen LogP contribution in [0.3, 0.4) is 0 Å². The molecule has 3 aromatic rings. The van der Waals surface area contributed by atoms with Crippen LogP contribution in [-0.4, -0.2) is 48.5 Å². The van der Waals surface area contributed by atoms with E-state index in [9.17, 15) is 13.2 Å². The van der Waals surface area contributed by atoms with Gasteiger partial charge in [-0.05, 0) is 49.6 Å². The van der Waals surface area contributed by atoms with Gasteiger partial charge in [0.2, 0.25) is 0 Å². The molecule has 7 heteroatoms. The molecule has 1 saturated heterocycles. The Morgan fingerprint density at radius 1 is 1.21 bits per heavy atom. The van der Waals surface area contributed by atoms with Crippen LogP contribution in [0.15, 0.2) is 47.4 Å². The van der Waals surface area contributed by atoms with Gasteiger partial charge < -0.3 is 9.88 Å². The molecule has 2 aromatic carbocycles. The third kappa shape index (κ3) is 3.54. The average molecular weight is 398 g/mol. The Balaban J connectivity index is 1.60. The summed E-state index contributed by atoms with van der Waals surface area (Å²) >= 11 is 0. The second kappa shape index (κ2) is 7.05. The lowest BCUT2D eigenvalue weighted by atomic mass is 9.96. The van der Waals surface area contributed by atoms with Gasteiger partial charge in [0.25, 0.3) is 5.91 Å². The van der Waals surface area contributed by atoms with Crippen LogP contribution in [-0.2, 0) is 9.84 Å². The van der Waals surface area contributed by atoms with Crippen molar-refractivity contribution in [3.05, 3.63) is 59.4 Å². The molecule has 0 saturated carbocycles. The van der Waals surface area contributed by atoms with Crippen LogP contribution in [0.5, 0.6) is 0 Å². The number of aryl methyl sites for hydroxylation is 1. The summed E-state index contributed by atoms with van der Waals surface area (Å²) in [6, 6.07) is 12.6. The summed E-state index contributed by atoms with van der Waals surface area (Å²) < 4.78 is 23.8. The largest absolute Gasteiger partial charge is 0.342 e. The number of fused-ring (bicyclic) bond motifs is 1. The van der Waals surface area contributed by atoms with Gasteiger partial charge >= 0.3 is 0 Å². The van der Waals surface area contributed by atoms with Crippen LogP contribution in [0, 0.1) is 6.92 Å². The van der Waals surface area contributed by atoms with Crippen molar-refractivity contribution in [1.82, 2.24) is 14.9 Å². The number of likely N-dealkylation sites (tertiary alicyclic amines) is 1. The molecule has 1 amide bonds. The molecule has 0 aliphatic carbocycles. The highest BCUT2D eigenvalue weighted by atomic mass is 32.2. The summed E-state index contributed by atoms with van der Waals surface area (Å²) in [5.74, 6) is 0.924. The summed E-state index contributed by atoms with van der Waals surface area (Å²) in [6.45, 7) is 3.07. The van der Waals surface area contributed by atoms with Crippen molar-refractivity contribution >= 4 is 26.8 Å². The third-order valence-corrected chi connectivity index (χ3v) is 6.48. The lowest BCUT2D eigenvalue weighted by Crippen LogP contribution is -2.39. The number of carbonyl (C=O) groups is 1. The van der Waals surface area contributed by atoms with Crippen LogP contribution in [0.4, 0.5) is 0 Å². The first-order chi connectivity index (χ1) is 13.3. The summed E-state index contributed by atoms with van der Waals surface area (Å²) in [5, 5.41) is 0. The number of carbonyl (C=O) groups excluding carboxylic acids is 1. The van der Waals surface area contributed by atoms with E-state index in [0.717, 1.165) is 41.5 Å². The van der Waals surface area contributed by atoms with E-state index in [1.807, 2.05) is 36.1 Å². The van der Waals surface area contributed by atoms with Gasteiger partial charge in [0, 0.05) is 30.8 Å². The fourth-order valence-corrected chi connectivity index (χ4v) is 4.43. The number of benzene rings is 2. The predicted molar refractivity (Wildman–Crippen MR) is 108 cm³/mol. The summed E-state index contributed by atoms with van der Waals surface area (Å²) in [7, 11) is -3.36. The topological polar surface area (TPSA) is 83.1 Å². The van der Waals surface area contributed by atoms with E-state index in [1.54, 1.807) is 12.1 Å². The number of aromatic amines is 1. The molecule has 2 heterocycles. The van der Waals surface area contributed by atoms with Gasteiger partial charge in [0.05, 0.1) is 15.9 Å². The standard InChI is InChI=1S/C21H23N3O3S/c1-14-9-10-16(28(2,26)27)12-17(14)21(25)24-11-5-6-15(13-24)20-22-18-7-3-4-8-19(18)23-20/h3-4,7-10,12,15H,5-6,11,13H2,1-2H3,(H,22,23)/t15-/m1/s1. The van der Waals surface area contributed by atoms with Crippen molar-refractivity contribution in [2.45, 2.75) is 30.6 Å². The molecular weight excluding hydrogens is 374 g/mol. The van der Waals surface area contributed by atoms with Gasteiger partial charge in [-0.1, -0.05) is 18.2 Å². The van der Waals surface area contributed by atoms with Gasteiger partial charge in [0.15, 0.2) is 9.84 Å². The number of sulfone groups is 1. The summed E-state index contributed by atoms with van der Waals surface area (Å²) in [6.07, 6.45) is 3.01. The average Bonchev–Trinajstić information content (AvgIpc) is 3.11. The van der Waals surface area contributed by atoms with Crippen molar-refractivity contribution in [1.29, 1.82) is 0 Å². The molecule has 146 valence electrons. The molecule has 0 unspecified atom stereocenters. The molecule has 0 bridgehead atoms. The van der Waals surface area contributed by atoms with Crippen molar-refractivity contribution in [3.63, 3.8) is 0 Å². The first kappa shape index (κ1) is 18.7. The number of imidazole rings is 1. The lowest BCUT2D eigenvalue weighted by molar-refractivity contribution is 0.0704. The van der Waals surface area contributed by atoms with Gasteiger partial charge in [-0.2, -0.15) is 0 Å². The molecule has 1 aliphatic rings. The molecule has 1 N–H and O–H groups in total. The molecule has 1 atom stereocenters. The zero-order chi connectivity index (χ0) is 19.9. The highest BCUT2D eigenvalue weighted by Crippen LogP contribution is 2.28. The van der Waals surface area contributed by atoms with Gasteiger partial charge in [-0.25, -0.2) is 13.4 Å². The van der Waals surface area contributed by atoms with Crippen molar-refractivity contribution in [2.75, 3.05) is 19.3 Å². The fraction of sp³-hybridized carbons (Fsp3) is 0.333. The SMILES string of the molecule is Cc1ccc(S(C)(=O)=O)cc1C(=O)N1CCC[C@@H](c2nc3ccccc3[nH]2)C1. The maximum absolute atomic E-state index is 13.1. The van der Waals surface area contributed by atoms with Crippen LogP contribution < -0.4 is 0 Å². The number of hydrogen-bond acceptors (Lipinski definition) is 4. The maximum atomic E-state index is 13.1. The number of hydrogen-bond donors (Lipinski definition) is 1. The molecule has 28 heavy (non-hydrogen) atoms. The molecular formula is C21H23N3O3S. The first-order valence-electron chi connectivity index (χ1n) is 9.37. The van der Waals surface area contributed by atoms with Crippen molar-refractivity contribution in [3.8, 4) is 0 Å². The molecule has 0 radical (unpaired) electrons. The third-order valence-electron chi connectivity index (χ3n) is 5.37. The molecule has 1 aliphatic heterocycles. The maximum Gasteiger partial charge on any atom is 0.254 e. The number of para-hydroxylation sites is 2. The number of aromatic nitrogens is 2. The second-order valence-electron chi connectivity index (χ2n) is 7.48. The minimum Gasteiger partial charge on any atom is -0.342 e. The van der Waals surface area contributed by atoms with E-state index in [1.165, 1.54) is 6.07 Å². The smallest absolute Gasteiger partial charge is 0.254 e. The van der Waals surface area contributed by atoms with E-state index >= 15 is 0 Å². The van der Waals surface area contributed by atoms with Gasteiger partial charge in [-0.3, -0.25) is 4.79 Å². The zero-order valence-electron chi connectivity index (χ0n) is 16.0. The van der Waals surface area contributed by atoms with Crippen molar-refractivity contribution in [2.24, 2.45) is 0 Å². The Hall–Kier alpha value is -2.67. The van der Waals surface area contributed by atoms with E-state index in [0.29, 0.717) is 18.7 Å². The number of amides is 1. The van der Waals surface area contributed by atoms with Crippen LogP contribution in [0.25, 0.3) is 11.0 Å². The predicted octanol–water partition coefficient (Wildman–Crippen LogP) is 3.29. The number of H-pyrrole nitrogens is 1. The first-order valence-corrected chi connectivity index (χ1v) is 11.3. The number of piperidine rings is 1. The lowest BCUT2D eigenvalue weighted by Gasteiger charge is -2.32. The van der Waals surface area contributed by atoms with Crippen LogP contribution in [0.1, 0.15) is 40.5 Å². The molecule has 6 nitrogen and oxygen atoms in total. The summed E-state index contributed by atoms with van der Waals surface area (Å²) in [5.41, 5.74) is 3.16. The number of nitrogens with one attached hydrogen (secondary N) is 1.